The molecule has 0 radical (unpaired) electrons. The van der Waals surface area contributed by atoms with Crippen molar-refractivity contribution in [2.75, 3.05) is 5.75 Å². The van der Waals surface area contributed by atoms with Gasteiger partial charge in [0.2, 0.25) is 0 Å². The fourth-order valence-electron chi connectivity index (χ4n) is 0.789. The molecule has 0 aliphatic rings. The van der Waals surface area contributed by atoms with Gasteiger partial charge in [-0.1, -0.05) is 24.3 Å². The van der Waals surface area contributed by atoms with Crippen molar-refractivity contribution in [2.45, 2.75) is 19.8 Å². The molecular weight excluding hydrogens is 248 g/mol. The van der Waals surface area contributed by atoms with Crippen molar-refractivity contribution in [1.82, 2.24) is 0 Å². The molecule has 1 N–H and O–H groups in total. The second kappa shape index (κ2) is 7.61. The van der Waals surface area contributed by atoms with E-state index in [0.717, 1.165) is 0 Å². The predicted molar refractivity (Wildman–Crippen MR) is 60.7 cm³/mol. The van der Waals surface area contributed by atoms with Crippen LogP contribution in [0.15, 0.2) is 24.3 Å². The van der Waals surface area contributed by atoms with E-state index in [1.54, 1.807) is 19.1 Å². The van der Waals surface area contributed by atoms with Crippen LogP contribution in [0.3, 0.4) is 0 Å². The average Bonchev–Trinajstić information content (AvgIpc) is 2.21. The third-order valence-corrected chi connectivity index (χ3v) is 2.54. The summed E-state index contributed by atoms with van der Waals surface area (Å²) in [5.41, 5.74) is 0. The van der Waals surface area contributed by atoms with Crippen LogP contribution in [-0.4, -0.2) is 31.2 Å². The summed E-state index contributed by atoms with van der Waals surface area (Å²) in [4.78, 5) is 21.1. The summed E-state index contributed by atoms with van der Waals surface area (Å²) in [6.07, 6.45) is 5.24. The van der Waals surface area contributed by atoms with Crippen LogP contribution >= 0.6 is 0 Å². The first-order chi connectivity index (χ1) is 7.87. The molecule has 0 aliphatic heterocycles. The summed E-state index contributed by atoms with van der Waals surface area (Å²) in [5, 5.41) is 8.29. The summed E-state index contributed by atoms with van der Waals surface area (Å²) in [6, 6.07) is 0. The Labute approximate surface area is 99.7 Å². The lowest BCUT2D eigenvalue weighted by Crippen LogP contribution is -2.16. The first-order valence-electron chi connectivity index (χ1n) is 4.82. The molecule has 0 unspecified atom stereocenters. The number of carbonyl (C=O) groups is 2. The minimum absolute atomic E-state index is 0.434. The molecule has 0 amide bonds. The third kappa shape index (κ3) is 9.31. The molecule has 96 valence electrons. The number of carboxylic acid groups (broad SMARTS) is 1. The average molecular weight is 262 g/mol. The lowest BCUT2D eigenvalue weighted by molar-refractivity contribution is -0.142. The molecule has 0 heterocycles. The van der Waals surface area contributed by atoms with Crippen LogP contribution in [0.1, 0.15) is 19.8 Å². The van der Waals surface area contributed by atoms with Gasteiger partial charge in [0.15, 0.2) is 0 Å². The van der Waals surface area contributed by atoms with E-state index >= 15 is 0 Å². The highest BCUT2D eigenvalue weighted by Gasteiger charge is 2.16. The maximum absolute atomic E-state index is 11.2. The van der Waals surface area contributed by atoms with Gasteiger partial charge < -0.3 is 9.29 Å². The summed E-state index contributed by atoms with van der Waals surface area (Å²) in [7, 11) is -3.97. The van der Waals surface area contributed by atoms with E-state index in [1.165, 1.54) is 12.2 Å². The molecule has 6 nitrogen and oxygen atoms in total. The first-order valence-corrected chi connectivity index (χ1v) is 6.39. The van der Waals surface area contributed by atoms with Gasteiger partial charge in [-0.15, -0.1) is 0 Å². The van der Waals surface area contributed by atoms with Crippen molar-refractivity contribution in [2.24, 2.45) is 0 Å². The SMILES string of the molecule is CC=CC=CCS(=O)(=O)OC(=O)CCC(=O)O. The number of hydrogen-bond donors (Lipinski definition) is 1. The highest BCUT2D eigenvalue weighted by Crippen LogP contribution is 2.00. The second-order valence-corrected chi connectivity index (χ2v) is 4.64. The summed E-state index contributed by atoms with van der Waals surface area (Å²) < 4.78 is 26.5. The van der Waals surface area contributed by atoms with Gasteiger partial charge in [0, 0.05) is 0 Å². The molecule has 7 heteroatoms. The Kier molecular flexibility index (Phi) is 6.88. The Morgan fingerprint density at radius 1 is 1.24 bits per heavy atom. The van der Waals surface area contributed by atoms with Gasteiger partial charge >= 0.3 is 22.1 Å². The van der Waals surface area contributed by atoms with Gasteiger partial charge in [-0.05, 0) is 6.92 Å². The van der Waals surface area contributed by atoms with Crippen LogP contribution in [0.2, 0.25) is 0 Å². The molecule has 0 fully saturated rings. The lowest BCUT2D eigenvalue weighted by atomic mass is 10.3. The van der Waals surface area contributed by atoms with Crippen LogP contribution in [0.25, 0.3) is 0 Å². The quantitative estimate of drug-likeness (QED) is 0.539. The van der Waals surface area contributed by atoms with E-state index in [1.807, 2.05) is 0 Å². The van der Waals surface area contributed by atoms with Crippen molar-refractivity contribution in [3.05, 3.63) is 24.3 Å². The normalized spacial score (nSPS) is 12.1. The van der Waals surface area contributed by atoms with Gasteiger partial charge in [0.05, 0.1) is 12.8 Å². The van der Waals surface area contributed by atoms with Crippen molar-refractivity contribution in [3.8, 4) is 0 Å². The Morgan fingerprint density at radius 2 is 1.88 bits per heavy atom. The Morgan fingerprint density at radius 3 is 2.41 bits per heavy atom. The second-order valence-electron chi connectivity index (χ2n) is 3.03. The van der Waals surface area contributed by atoms with Crippen molar-refractivity contribution in [1.29, 1.82) is 0 Å². The molecule has 0 saturated carbocycles. The van der Waals surface area contributed by atoms with Gasteiger partial charge in [0.1, 0.15) is 5.75 Å². The fourth-order valence-corrected chi connectivity index (χ4v) is 1.57. The third-order valence-electron chi connectivity index (χ3n) is 1.50. The molecule has 0 bridgehead atoms. The highest BCUT2D eigenvalue weighted by atomic mass is 32.2. The van der Waals surface area contributed by atoms with E-state index in [4.69, 9.17) is 5.11 Å². The van der Waals surface area contributed by atoms with Crippen molar-refractivity contribution < 1.29 is 27.3 Å². The van der Waals surface area contributed by atoms with Crippen LogP contribution in [0.5, 0.6) is 0 Å². The molecule has 0 spiro atoms. The molecular formula is C10H14O6S. The Bertz CT molecular complexity index is 418. The molecule has 0 aromatic rings. The van der Waals surface area contributed by atoms with Crippen molar-refractivity contribution >= 4 is 22.1 Å². The van der Waals surface area contributed by atoms with E-state index in [0.29, 0.717) is 0 Å². The van der Waals surface area contributed by atoms with E-state index < -0.39 is 40.7 Å². The zero-order valence-electron chi connectivity index (χ0n) is 9.33. The van der Waals surface area contributed by atoms with E-state index in [2.05, 4.69) is 4.18 Å². The zero-order chi connectivity index (χ0) is 13.3. The van der Waals surface area contributed by atoms with Gasteiger partial charge in [-0.3, -0.25) is 9.59 Å². The summed E-state index contributed by atoms with van der Waals surface area (Å²) in [5.74, 6) is -2.69. The van der Waals surface area contributed by atoms with Crippen LogP contribution in [-0.2, 0) is 23.9 Å². The number of allylic oxidation sites excluding steroid dienone is 3. The minimum atomic E-state index is -3.97. The number of carboxylic acids is 1. The lowest BCUT2D eigenvalue weighted by Gasteiger charge is -2.01. The maximum atomic E-state index is 11.2. The van der Waals surface area contributed by atoms with Crippen LogP contribution < -0.4 is 0 Å². The molecule has 0 saturated heterocycles. The van der Waals surface area contributed by atoms with Crippen LogP contribution in [0.4, 0.5) is 0 Å². The van der Waals surface area contributed by atoms with Gasteiger partial charge in [-0.2, -0.15) is 8.42 Å². The van der Waals surface area contributed by atoms with Crippen molar-refractivity contribution in [3.63, 3.8) is 0 Å². The standard InChI is InChI=1S/C10H14O6S/c1-2-3-4-5-8-17(14,15)16-10(13)7-6-9(11)12/h2-5H,6-8H2,1H3,(H,11,12). The fraction of sp³-hybridized carbons (Fsp3) is 0.400. The smallest absolute Gasteiger partial charge is 0.322 e. The molecule has 0 aromatic carbocycles. The molecule has 17 heavy (non-hydrogen) atoms. The Balaban J connectivity index is 4.16. The summed E-state index contributed by atoms with van der Waals surface area (Å²) in [6.45, 7) is 1.77. The monoisotopic (exact) mass is 262 g/mol. The largest absolute Gasteiger partial charge is 0.481 e. The maximum Gasteiger partial charge on any atom is 0.322 e. The molecule has 0 aromatic heterocycles. The number of carbonyl (C=O) groups excluding carboxylic acids is 1. The predicted octanol–water partition coefficient (Wildman–Crippen LogP) is 0.857. The van der Waals surface area contributed by atoms with E-state index in [9.17, 15) is 18.0 Å². The Hall–Kier alpha value is -1.63. The number of hydrogen-bond acceptors (Lipinski definition) is 5. The minimum Gasteiger partial charge on any atom is -0.481 e. The van der Waals surface area contributed by atoms with Gasteiger partial charge in [-0.25, -0.2) is 0 Å². The number of aliphatic carboxylic acids is 1. The van der Waals surface area contributed by atoms with E-state index in [-0.39, 0.29) is 0 Å². The van der Waals surface area contributed by atoms with Gasteiger partial charge in [0.25, 0.3) is 0 Å². The first kappa shape index (κ1) is 15.4. The number of rotatable bonds is 7. The van der Waals surface area contributed by atoms with Crippen LogP contribution in [0, 0.1) is 0 Å². The zero-order valence-corrected chi connectivity index (χ0v) is 10.1. The molecule has 0 atom stereocenters. The molecule has 0 rings (SSSR count). The summed E-state index contributed by atoms with van der Waals surface area (Å²) >= 11 is 0. The highest BCUT2D eigenvalue weighted by molar-refractivity contribution is 7.87. The molecule has 0 aliphatic carbocycles. The topological polar surface area (TPSA) is 97.7 Å².